The van der Waals surface area contributed by atoms with Crippen molar-refractivity contribution in [3.8, 4) is 0 Å². The molecule has 1 aliphatic heterocycles. The molecule has 0 N–H and O–H groups in total. The molecule has 2 atom stereocenters. The molecule has 0 saturated carbocycles. The summed E-state index contributed by atoms with van der Waals surface area (Å²) in [6.45, 7) is 8.29. The SMILES string of the molecule is [2H]C([2H])([2H])C1(C)C(C)N(c2c(C)ccc3c2oc2nc(C)ccc23)C(C)(C)C1([2H])[2H]. The van der Waals surface area contributed by atoms with Crippen molar-refractivity contribution in [3.05, 3.63) is 35.5 Å². The van der Waals surface area contributed by atoms with Crippen LogP contribution in [0.5, 0.6) is 0 Å². The van der Waals surface area contributed by atoms with E-state index < -0.39 is 30.2 Å². The summed E-state index contributed by atoms with van der Waals surface area (Å²) in [5.41, 5.74) is 0.981. The van der Waals surface area contributed by atoms with Gasteiger partial charge in [0.1, 0.15) is 0 Å². The van der Waals surface area contributed by atoms with E-state index in [9.17, 15) is 0 Å². The summed E-state index contributed by atoms with van der Waals surface area (Å²) in [5.74, 6) is 0. The van der Waals surface area contributed by atoms with E-state index in [1.807, 2.05) is 49.9 Å². The van der Waals surface area contributed by atoms with Crippen molar-refractivity contribution in [2.75, 3.05) is 4.90 Å². The molecular weight excluding hydrogens is 308 g/mol. The van der Waals surface area contributed by atoms with Crippen molar-refractivity contribution in [3.63, 3.8) is 0 Å². The average molecular weight is 342 g/mol. The second-order valence-corrected chi connectivity index (χ2v) is 7.95. The highest BCUT2D eigenvalue weighted by atomic mass is 16.3. The highest BCUT2D eigenvalue weighted by Gasteiger charge is 2.49. The molecule has 2 aromatic heterocycles. The Morgan fingerprint density at radius 3 is 2.60 bits per heavy atom. The third-order valence-electron chi connectivity index (χ3n) is 5.45. The van der Waals surface area contributed by atoms with Gasteiger partial charge < -0.3 is 9.32 Å². The lowest BCUT2D eigenvalue weighted by atomic mass is 9.82. The summed E-state index contributed by atoms with van der Waals surface area (Å²) in [6, 6.07) is 7.29. The molecule has 2 unspecified atom stereocenters. The van der Waals surface area contributed by atoms with E-state index in [1.54, 1.807) is 20.8 Å². The largest absolute Gasteiger partial charge is 0.436 e. The molecule has 0 radical (unpaired) electrons. The second-order valence-electron chi connectivity index (χ2n) is 7.95. The first kappa shape index (κ1) is 11.6. The number of nitrogens with zero attached hydrogens (tertiary/aromatic N) is 2. The zero-order valence-corrected chi connectivity index (χ0v) is 15.7. The number of fused-ring (bicyclic) bond motifs is 3. The normalized spacial score (nSPS) is 31.5. The molecule has 4 rings (SSSR count). The van der Waals surface area contributed by atoms with E-state index in [1.165, 1.54) is 0 Å². The lowest BCUT2D eigenvalue weighted by molar-refractivity contribution is 0.329. The summed E-state index contributed by atoms with van der Waals surface area (Å²) in [6.07, 6.45) is -1.99. The minimum absolute atomic E-state index is 0.531. The number of aryl methyl sites for hydroxylation is 2. The van der Waals surface area contributed by atoms with Crippen LogP contribution in [0.25, 0.3) is 22.1 Å². The third-order valence-corrected chi connectivity index (χ3v) is 5.45. The number of hydrogen-bond acceptors (Lipinski definition) is 3. The van der Waals surface area contributed by atoms with Gasteiger partial charge in [0.05, 0.1) is 5.69 Å². The van der Waals surface area contributed by atoms with E-state index in [0.29, 0.717) is 11.3 Å². The standard InChI is InChI=1S/C22H28N2O/c1-13-8-10-16-17-11-9-14(2)23-20(17)25-19(16)18(13)24-15(3)21(4,5)12-22(24,6)7/h8-11,15H,12H2,1-7H3/i4D3,12D2. The maximum absolute atomic E-state index is 8.94. The van der Waals surface area contributed by atoms with Crippen LogP contribution in [-0.2, 0) is 0 Å². The summed E-state index contributed by atoms with van der Waals surface area (Å²) < 4.78 is 48.7. The summed E-state index contributed by atoms with van der Waals surface area (Å²) in [7, 11) is 0. The van der Waals surface area contributed by atoms with E-state index in [2.05, 4.69) is 4.98 Å². The first-order valence-electron chi connectivity index (χ1n) is 11.2. The molecule has 1 saturated heterocycles. The van der Waals surface area contributed by atoms with Gasteiger partial charge in [-0.2, -0.15) is 0 Å². The monoisotopic (exact) mass is 341 g/mol. The molecule has 3 aromatic rings. The minimum Gasteiger partial charge on any atom is -0.436 e. The van der Waals surface area contributed by atoms with E-state index in [0.717, 1.165) is 27.7 Å². The summed E-state index contributed by atoms with van der Waals surface area (Å²) in [4.78, 5) is 6.44. The smallest absolute Gasteiger partial charge is 0.227 e. The highest BCUT2D eigenvalue weighted by molar-refractivity contribution is 6.08. The van der Waals surface area contributed by atoms with Crippen LogP contribution in [0.2, 0.25) is 0 Å². The molecule has 0 amide bonds. The topological polar surface area (TPSA) is 29.3 Å². The zero-order chi connectivity index (χ0) is 22.4. The van der Waals surface area contributed by atoms with E-state index in [4.69, 9.17) is 11.3 Å². The molecule has 25 heavy (non-hydrogen) atoms. The number of anilines is 1. The molecule has 1 aromatic carbocycles. The van der Waals surface area contributed by atoms with Gasteiger partial charge in [-0.05, 0) is 64.1 Å². The lowest BCUT2D eigenvalue weighted by Gasteiger charge is -2.38. The van der Waals surface area contributed by atoms with Crippen LogP contribution in [0.4, 0.5) is 5.69 Å². The van der Waals surface area contributed by atoms with Gasteiger partial charge in [-0.15, -0.1) is 0 Å². The first-order valence-corrected chi connectivity index (χ1v) is 8.75. The Morgan fingerprint density at radius 1 is 1.20 bits per heavy atom. The quantitative estimate of drug-likeness (QED) is 0.543. The Kier molecular flexibility index (Phi) is 2.31. The van der Waals surface area contributed by atoms with E-state index in [-0.39, 0.29) is 0 Å². The van der Waals surface area contributed by atoms with Crippen LogP contribution in [0, 0.1) is 19.3 Å². The zero-order valence-electron chi connectivity index (χ0n) is 20.7. The molecule has 0 aliphatic carbocycles. The fourth-order valence-electron chi connectivity index (χ4n) is 4.21. The summed E-state index contributed by atoms with van der Waals surface area (Å²) in [5, 5.41) is 1.78. The van der Waals surface area contributed by atoms with Gasteiger partial charge in [0, 0.05) is 34.9 Å². The predicted molar refractivity (Wildman–Crippen MR) is 105 cm³/mol. The second kappa shape index (κ2) is 5.00. The molecule has 1 aliphatic rings. The third kappa shape index (κ3) is 2.28. The Balaban J connectivity index is 2.07. The maximum Gasteiger partial charge on any atom is 0.227 e. The number of hydrogen-bond donors (Lipinski definition) is 0. The van der Waals surface area contributed by atoms with Crippen molar-refractivity contribution >= 4 is 27.8 Å². The minimum atomic E-state index is -2.48. The van der Waals surface area contributed by atoms with Crippen molar-refractivity contribution < 1.29 is 11.3 Å². The van der Waals surface area contributed by atoms with Gasteiger partial charge >= 0.3 is 0 Å². The maximum atomic E-state index is 8.94. The molecule has 3 nitrogen and oxygen atoms in total. The number of aromatic nitrogens is 1. The fourth-order valence-corrected chi connectivity index (χ4v) is 4.21. The fraction of sp³-hybridized carbons (Fsp3) is 0.500. The van der Waals surface area contributed by atoms with Crippen LogP contribution in [0.3, 0.4) is 0 Å². The number of furan rings is 1. The van der Waals surface area contributed by atoms with Crippen LogP contribution < -0.4 is 4.90 Å². The van der Waals surface area contributed by atoms with Crippen LogP contribution >= 0.6 is 0 Å². The van der Waals surface area contributed by atoms with Gasteiger partial charge in [0.15, 0.2) is 5.58 Å². The van der Waals surface area contributed by atoms with E-state index >= 15 is 0 Å². The van der Waals surface area contributed by atoms with Gasteiger partial charge in [0.25, 0.3) is 0 Å². The van der Waals surface area contributed by atoms with Crippen molar-refractivity contribution in [2.24, 2.45) is 5.41 Å². The van der Waals surface area contributed by atoms with Crippen molar-refractivity contribution in [1.29, 1.82) is 0 Å². The van der Waals surface area contributed by atoms with Gasteiger partial charge in [-0.25, -0.2) is 4.98 Å². The Labute approximate surface area is 157 Å². The molecule has 3 heteroatoms. The molecule has 1 fully saturated rings. The number of benzene rings is 1. The van der Waals surface area contributed by atoms with Crippen molar-refractivity contribution in [2.45, 2.75) is 66.3 Å². The first-order chi connectivity index (χ1) is 13.7. The van der Waals surface area contributed by atoms with Crippen LogP contribution in [-0.4, -0.2) is 16.6 Å². The van der Waals surface area contributed by atoms with Gasteiger partial charge in [0.2, 0.25) is 5.71 Å². The molecule has 132 valence electrons. The molecule has 3 heterocycles. The molecule has 0 spiro atoms. The van der Waals surface area contributed by atoms with Gasteiger partial charge in [-0.3, -0.25) is 0 Å². The Hall–Kier alpha value is -2.03. The van der Waals surface area contributed by atoms with Crippen LogP contribution in [0.15, 0.2) is 28.7 Å². The summed E-state index contributed by atoms with van der Waals surface area (Å²) >= 11 is 0. The number of pyridine rings is 1. The number of rotatable bonds is 1. The highest BCUT2D eigenvalue weighted by Crippen LogP contribution is 2.51. The predicted octanol–water partition coefficient (Wildman–Crippen LogP) is 6.00. The average Bonchev–Trinajstić information content (AvgIpc) is 3.02. The van der Waals surface area contributed by atoms with Crippen molar-refractivity contribution in [1.82, 2.24) is 4.98 Å². The Morgan fingerprint density at radius 2 is 1.92 bits per heavy atom. The van der Waals surface area contributed by atoms with Gasteiger partial charge in [-0.1, -0.05) is 25.9 Å². The molecule has 0 bridgehead atoms. The molecular formula is C22H28N2O. The Bertz CT molecular complexity index is 1160. The van der Waals surface area contributed by atoms with Crippen LogP contribution in [0.1, 0.15) is 59.0 Å². The lowest BCUT2D eigenvalue weighted by Crippen LogP contribution is -2.43.